The number of unbranched alkanes of at least 4 members (excludes halogenated alkanes) is 3. The molecule has 10 heteroatoms. The zero-order chi connectivity index (χ0) is 40.1. The molecule has 2 heterocycles. The van der Waals surface area contributed by atoms with Gasteiger partial charge in [0.25, 0.3) is 0 Å². The van der Waals surface area contributed by atoms with Crippen LogP contribution in [-0.4, -0.2) is 77.4 Å². The summed E-state index contributed by atoms with van der Waals surface area (Å²) in [7, 11) is 0. The molecule has 3 saturated carbocycles. The molecule has 5 N–H and O–H groups in total. The van der Waals surface area contributed by atoms with E-state index >= 15 is 0 Å². The smallest absolute Gasteiger partial charge is 0.315 e. The van der Waals surface area contributed by atoms with Crippen LogP contribution >= 0.6 is 11.8 Å². The van der Waals surface area contributed by atoms with Crippen molar-refractivity contribution in [2.45, 2.75) is 185 Å². The van der Waals surface area contributed by atoms with Crippen molar-refractivity contribution in [3.05, 3.63) is 35.5 Å². The van der Waals surface area contributed by atoms with Crippen molar-refractivity contribution >= 4 is 29.6 Å². The Bertz CT molecular complexity index is 1390. The Kier molecular flexibility index (Phi) is 17.3. The van der Waals surface area contributed by atoms with Crippen molar-refractivity contribution in [2.24, 2.45) is 23.2 Å². The summed E-state index contributed by atoms with van der Waals surface area (Å²) < 4.78 is 6.31. The molecule has 5 unspecified atom stereocenters. The van der Waals surface area contributed by atoms with Gasteiger partial charge in [0, 0.05) is 43.5 Å². The van der Waals surface area contributed by atoms with E-state index in [-0.39, 0.29) is 36.0 Å². The summed E-state index contributed by atoms with van der Waals surface area (Å²) in [6.45, 7) is 15.3. The normalized spacial score (nSPS) is 30.9. The SMILES string of the molecule is C=C1CC[C@H](OCCCNC(=O)CCCCCNC(=O)CCCCC2SCC3NC(=O)NC32)C/C1=C/C=C1\CCC[C@@]2(C)C1CC[C@@H]2C(C)CCCC(C)(C)O. The van der Waals surface area contributed by atoms with Gasteiger partial charge in [0.2, 0.25) is 11.8 Å². The van der Waals surface area contributed by atoms with Gasteiger partial charge in [-0.2, -0.15) is 11.8 Å². The van der Waals surface area contributed by atoms with E-state index < -0.39 is 5.60 Å². The topological polar surface area (TPSA) is 129 Å². The van der Waals surface area contributed by atoms with Crippen LogP contribution in [0.15, 0.2) is 35.5 Å². The van der Waals surface area contributed by atoms with Crippen LogP contribution in [0, 0.1) is 23.2 Å². The largest absolute Gasteiger partial charge is 0.390 e. The third-order valence-electron chi connectivity index (χ3n) is 13.8. The second kappa shape index (κ2) is 21.6. The van der Waals surface area contributed by atoms with E-state index in [0.29, 0.717) is 55.0 Å². The summed E-state index contributed by atoms with van der Waals surface area (Å²) in [6.07, 6.45) is 25.0. The van der Waals surface area contributed by atoms with E-state index in [1.54, 1.807) is 5.57 Å². The first kappa shape index (κ1) is 44.8. The lowest BCUT2D eigenvalue weighted by Gasteiger charge is -2.44. The van der Waals surface area contributed by atoms with Gasteiger partial charge in [-0.25, -0.2) is 4.79 Å². The Hall–Kier alpha value is -2.30. The second-order valence-corrected chi connectivity index (χ2v) is 20.1. The molecule has 0 aromatic heterocycles. The fraction of sp³-hybridized carbons (Fsp3) is 0.804. The lowest BCUT2D eigenvalue weighted by molar-refractivity contribution is -0.122. The van der Waals surface area contributed by atoms with Gasteiger partial charge in [0.05, 0.1) is 23.8 Å². The van der Waals surface area contributed by atoms with Crippen LogP contribution in [0.2, 0.25) is 0 Å². The predicted molar refractivity (Wildman–Crippen MR) is 229 cm³/mol. The highest BCUT2D eigenvalue weighted by Crippen LogP contribution is 2.60. The van der Waals surface area contributed by atoms with Crippen molar-refractivity contribution in [1.82, 2.24) is 21.3 Å². The number of hydrogen-bond acceptors (Lipinski definition) is 6. The highest BCUT2D eigenvalue weighted by Gasteiger charge is 2.50. The Morgan fingerprint density at radius 2 is 1.75 bits per heavy atom. The number of carbonyl (C=O) groups is 3. The van der Waals surface area contributed by atoms with Crippen LogP contribution in [0.1, 0.15) is 156 Å². The van der Waals surface area contributed by atoms with Gasteiger partial charge in [-0.3, -0.25) is 9.59 Å². The minimum atomic E-state index is -0.565. The highest BCUT2D eigenvalue weighted by molar-refractivity contribution is 8.00. The predicted octanol–water partition coefficient (Wildman–Crippen LogP) is 8.67. The monoisotopic (exact) mass is 797 g/mol. The van der Waals surface area contributed by atoms with E-state index in [9.17, 15) is 19.5 Å². The Labute approximate surface area is 343 Å². The quantitative estimate of drug-likeness (QED) is 0.0551. The minimum absolute atomic E-state index is 0.0506. The molecule has 56 heavy (non-hydrogen) atoms. The molecule has 316 valence electrons. The number of thioether (sulfide) groups is 1. The average Bonchev–Trinajstić information content (AvgIpc) is 3.82. The third kappa shape index (κ3) is 13.4. The first-order valence-electron chi connectivity index (χ1n) is 22.5. The number of aliphatic hydroxyl groups is 1. The maximum Gasteiger partial charge on any atom is 0.315 e. The fourth-order valence-electron chi connectivity index (χ4n) is 10.6. The van der Waals surface area contributed by atoms with Gasteiger partial charge in [-0.05, 0) is 132 Å². The second-order valence-electron chi connectivity index (χ2n) is 18.8. The van der Waals surface area contributed by atoms with Crippen LogP contribution in [0.25, 0.3) is 0 Å². The van der Waals surface area contributed by atoms with Gasteiger partial charge in [0.1, 0.15) is 0 Å². The first-order chi connectivity index (χ1) is 26.8. The van der Waals surface area contributed by atoms with Crippen molar-refractivity contribution in [1.29, 1.82) is 0 Å². The van der Waals surface area contributed by atoms with Gasteiger partial charge >= 0.3 is 6.03 Å². The molecule has 5 rings (SSSR count). The molecule has 0 bridgehead atoms. The van der Waals surface area contributed by atoms with E-state index in [0.717, 1.165) is 88.7 Å². The van der Waals surface area contributed by atoms with Crippen molar-refractivity contribution in [3.63, 3.8) is 0 Å². The van der Waals surface area contributed by atoms with Crippen LogP contribution in [0.3, 0.4) is 0 Å². The van der Waals surface area contributed by atoms with Gasteiger partial charge < -0.3 is 31.1 Å². The average molecular weight is 797 g/mol. The van der Waals surface area contributed by atoms with Crippen molar-refractivity contribution < 1.29 is 24.2 Å². The van der Waals surface area contributed by atoms with Crippen LogP contribution in [-0.2, 0) is 14.3 Å². The molecular formula is C46H76N4O5S. The van der Waals surface area contributed by atoms with Crippen molar-refractivity contribution in [2.75, 3.05) is 25.4 Å². The summed E-state index contributed by atoms with van der Waals surface area (Å²) in [5.41, 5.74) is 4.06. The molecule has 5 fully saturated rings. The van der Waals surface area contributed by atoms with Gasteiger partial charge in [-0.15, -0.1) is 0 Å². The number of amides is 4. The first-order valence-corrected chi connectivity index (χ1v) is 23.5. The van der Waals surface area contributed by atoms with Crippen molar-refractivity contribution in [3.8, 4) is 0 Å². The van der Waals surface area contributed by atoms with E-state index in [1.165, 1.54) is 49.7 Å². The summed E-state index contributed by atoms with van der Waals surface area (Å²) in [6, 6.07) is 0.431. The number of allylic oxidation sites excluding steroid dienone is 4. The molecule has 0 radical (unpaired) electrons. The number of carbonyl (C=O) groups excluding carboxylic acids is 3. The van der Waals surface area contributed by atoms with Crippen LogP contribution < -0.4 is 21.3 Å². The van der Waals surface area contributed by atoms with Gasteiger partial charge in [-0.1, -0.05) is 69.4 Å². The van der Waals surface area contributed by atoms with E-state index in [2.05, 4.69) is 53.8 Å². The Balaban J connectivity index is 0.891. The van der Waals surface area contributed by atoms with Gasteiger partial charge in [0.15, 0.2) is 0 Å². The molecule has 9 nitrogen and oxygen atoms in total. The number of rotatable bonds is 22. The molecule has 0 aromatic rings. The number of nitrogens with one attached hydrogen (secondary N) is 4. The molecule has 5 aliphatic rings. The third-order valence-corrected chi connectivity index (χ3v) is 15.3. The zero-order valence-corrected chi connectivity index (χ0v) is 36.2. The molecule has 2 saturated heterocycles. The molecule has 3 aliphatic carbocycles. The lowest BCUT2D eigenvalue weighted by Crippen LogP contribution is -2.36. The number of fused-ring (bicyclic) bond motifs is 2. The molecule has 0 spiro atoms. The number of ether oxygens (including phenoxy) is 1. The summed E-state index contributed by atoms with van der Waals surface area (Å²) in [4.78, 5) is 36.2. The Morgan fingerprint density at radius 3 is 2.52 bits per heavy atom. The zero-order valence-electron chi connectivity index (χ0n) is 35.4. The Morgan fingerprint density at radius 1 is 1.00 bits per heavy atom. The van der Waals surface area contributed by atoms with Crippen LogP contribution in [0.4, 0.5) is 4.79 Å². The summed E-state index contributed by atoms with van der Waals surface area (Å²) >= 11 is 1.92. The molecule has 2 aliphatic heterocycles. The molecule has 8 atom stereocenters. The number of urea groups is 1. The lowest BCUT2D eigenvalue weighted by atomic mass is 9.60. The standard InChI is InChI=1S/C46H76N4O5S/c1-32-19-22-36(30-35(32)21-20-34-15-12-26-46(5)37(23-24-38(34)46)33(2)14-11-25-45(3,4)54)55-29-13-28-48-41(51)17-7-6-10-27-47-42(52)18-9-8-16-40-43-39(31-56-40)49-44(53)50-43/h20-21,33,36-40,43,54H,1,6-19,22-31H2,2-5H3,(H,47,52)(H,48,51)(H2,49,50,53)/b34-20+,35-21-/t33?,36-,37+,38?,39?,40?,43?,46+/m0/s1. The molecular weight excluding hydrogens is 721 g/mol. The molecule has 0 aromatic carbocycles. The maximum atomic E-state index is 12.4. The minimum Gasteiger partial charge on any atom is -0.390 e. The number of hydrogen-bond donors (Lipinski definition) is 5. The maximum absolute atomic E-state index is 12.4. The summed E-state index contributed by atoms with van der Waals surface area (Å²) in [5.74, 6) is 3.31. The summed E-state index contributed by atoms with van der Waals surface area (Å²) in [5, 5.41) is 22.7. The fourth-order valence-corrected chi connectivity index (χ4v) is 12.2. The van der Waals surface area contributed by atoms with E-state index in [4.69, 9.17) is 4.74 Å². The van der Waals surface area contributed by atoms with E-state index in [1.807, 2.05) is 25.6 Å². The van der Waals surface area contributed by atoms with Crippen LogP contribution in [0.5, 0.6) is 0 Å². The highest BCUT2D eigenvalue weighted by atomic mass is 32.2. The molecule has 4 amide bonds.